The van der Waals surface area contributed by atoms with E-state index in [1.54, 1.807) is 11.6 Å². The van der Waals surface area contributed by atoms with E-state index in [0.29, 0.717) is 30.0 Å². The molecule has 1 amide bonds. The summed E-state index contributed by atoms with van der Waals surface area (Å²) in [4.78, 5) is 27.3. The number of carbonyl (C=O) groups excluding carboxylic acids is 1. The van der Waals surface area contributed by atoms with Gasteiger partial charge in [0.05, 0.1) is 23.0 Å². The lowest BCUT2D eigenvalue weighted by molar-refractivity contribution is -0.137. The molecule has 128 valence electrons. The van der Waals surface area contributed by atoms with Gasteiger partial charge < -0.3 is 10.4 Å². The van der Waals surface area contributed by atoms with Crippen LogP contribution in [0.1, 0.15) is 28.9 Å². The molecule has 0 bridgehead atoms. The Morgan fingerprint density at radius 3 is 2.80 bits per heavy atom. The van der Waals surface area contributed by atoms with Gasteiger partial charge in [-0.25, -0.2) is 9.67 Å². The van der Waals surface area contributed by atoms with Gasteiger partial charge in [0.25, 0.3) is 5.91 Å². The first-order chi connectivity index (χ1) is 12.1. The summed E-state index contributed by atoms with van der Waals surface area (Å²) in [6.07, 6.45) is 1.92. The van der Waals surface area contributed by atoms with Crippen LogP contribution in [0.5, 0.6) is 0 Å². The molecule has 0 saturated heterocycles. The Morgan fingerprint density at radius 1 is 1.20 bits per heavy atom. The highest BCUT2D eigenvalue weighted by molar-refractivity contribution is 5.95. The minimum atomic E-state index is -0.874. The normalized spacial score (nSPS) is 10.8. The van der Waals surface area contributed by atoms with Crippen molar-refractivity contribution in [1.29, 1.82) is 0 Å². The number of benzene rings is 1. The van der Waals surface area contributed by atoms with Crippen molar-refractivity contribution in [2.24, 2.45) is 0 Å². The molecule has 0 radical (unpaired) electrons. The lowest BCUT2D eigenvalue weighted by atomic mass is 10.2. The van der Waals surface area contributed by atoms with E-state index >= 15 is 0 Å². The molecular formula is C18H18N4O3. The zero-order valence-corrected chi connectivity index (χ0v) is 13.8. The average molecular weight is 338 g/mol. The Bertz CT molecular complexity index is 933. The van der Waals surface area contributed by atoms with Crippen LogP contribution in [0.4, 0.5) is 0 Å². The average Bonchev–Trinajstić information content (AvgIpc) is 2.99. The fourth-order valence-electron chi connectivity index (χ4n) is 2.57. The fourth-order valence-corrected chi connectivity index (χ4v) is 2.57. The Hall–Kier alpha value is -3.22. The highest BCUT2D eigenvalue weighted by Crippen LogP contribution is 2.17. The SMILES string of the molecule is Cc1c(C(=O)NCCCC(=O)O)cnn1-c1ccc2ccccc2n1. The van der Waals surface area contributed by atoms with E-state index in [1.165, 1.54) is 6.20 Å². The molecule has 25 heavy (non-hydrogen) atoms. The van der Waals surface area contributed by atoms with Crippen LogP contribution in [0.2, 0.25) is 0 Å². The topological polar surface area (TPSA) is 97.1 Å². The lowest BCUT2D eigenvalue weighted by Crippen LogP contribution is -2.25. The van der Waals surface area contributed by atoms with Crippen LogP contribution < -0.4 is 5.32 Å². The summed E-state index contributed by atoms with van der Waals surface area (Å²) < 4.78 is 1.62. The number of carboxylic acid groups (broad SMARTS) is 1. The quantitative estimate of drug-likeness (QED) is 0.672. The van der Waals surface area contributed by atoms with Gasteiger partial charge in [-0.2, -0.15) is 5.10 Å². The zero-order valence-electron chi connectivity index (χ0n) is 13.8. The second-order valence-corrected chi connectivity index (χ2v) is 5.67. The van der Waals surface area contributed by atoms with E-state index in [1.807, 2.05) is 36.4 Å². The van der Waals surface area contributed by atoms with E-state index in [4.69, 9.17) is 5.11 Å². The number of hydrogen-bond donors (Lipinski definition) is 2. The molecule has 7 heteroatoms. The van der Waals surface area contributed by atoms with E-state index < -0.39 is 5.97 Å². The van der Waals surface area contributed by atoms with Crippen molar-refractivity contribution in [3.63, 3.8) is 0 Å². The largest absolute Gasteiger partial charge is 0.481 e. The van der Waals surface area contributed by atoms with Gasteiger partial charge in [0.2, 0.25) is 0 Å². The Labute approximate surface area is 144 Å². The molecule has 0 aliphatic rings. The highest BCUT2D eigenvalue weighted by atomic mass is 16.4. The summed E-state index contributed by atoms with van der Waals surface area (Å²) in [5, 5.41) is 16.6. The van der Waals surface area contributed by atoms with Crippen molar-refractivity contribution in [2.45, 2.75) is 19.8 Å². The maximum Gasteiger partial charge on any atom is 0.303 e. The predicted molar refractivity (Wildman–Crippen MR) is 92.8 cm³/mol. The van der Waals surface area contributed by atoms with Crippen molar-refractivity contribution in [3.8, 4) is 5.82 Å². The number of amides is 1. The molecule has 2 heterocycles. The second kappa shape index (κ2) is 7.12. The number of nitrogens with zero attached hydrogens (tertiary/aromatic N) is 3. The summed E-state index contributed by atoms with van der Waals surface area (Å²) >= 11 is 0. The number of hydrogen-bond acceptors (Lipinski definition) is 4. The maximum absolute atomic E-state index is 12.2. The maximum atomic E-state index is 12.2. The molecule has 0 atom stereocenters. The van der Waals surface area contributed by atoms with Gasteiger partial charge in [-0.3, -0.25) is 9.59 Å². The number of carboxylic acids is 1. The molecule has 0 aliphatic carbocycles. The number of aromatic nitrogens is 3. The van der Waals surface area contributed by atoms with Crippen LogP contribution in [0.25, 0.3) is 16.7 Å². The minimum absolute atomic E-state index is 0.0273. The van der Waals surface area contributed by atoms with Crippen LogP contribution in [-0.4, -0.2) is 38.3 Å². The van der Waals surface area contributed by atoms with Gasteiger partial charge in [-0.15, -0.1) is 0 Å². The summed E-state index contributed by atoms with van der Waals surface area (Å²) in [7, 11) is 0. The number of carbonyl (C=O) groups is 2. The van der Waals surface area contributed by atoms with Crippen molar-refractivity contribution in [2.75, 3.05) is 6.54 Å². The molecule has 0 saturated carbocycles. The van der Waals surface area contributed by atoms with Crippen molar-refractivity contribution >= 4 is 22.8 Å². The monoisotopic (exact) mass is 338 g/mol. The molecule has 0 aliphatic heterocycles. The summed E-state index contributed by atoms with van der Waals surface area (Å²) in [6.45, 7) is 2.11. The van der Waals surface area contributed by atoms with E-state index in [2.05, 4.69) is 15.4 Å². The highest BCUT2D eigenvalue weighted by Gasteiger charge is 2.15. The molecule has 1 aromatic carbocycles. The van der Waals surface area contributed by atoms with Crippen LogP contribution >= 0.6 is 0 Å². The third-order valence-corrected chi connectivity index (χ3v) is 3.91. The molecule has 3 aromatic rings. The van der Waals surface area contributed by atoms with Gasteiger partial charge in [0, 0.05) is 18.4 Å². The molecule has 2 N–H and O–H groups in total. The summed E-state index contributed by atoms with van der Waals surface area (Å²) in [5.74, 6) is -0.503. The molecule has 0 unspecified atom stereocenters. The Balaban J connectivity index is 1.77. The van der Waals surface area contributed by atoms with Crippen molar-refractivity contribution < 1.29 is 14.7 Å². The fraction of sp³-hybridized carbons (Fsp3) is 0.222. The van der Waals surface area contributed by atoms with E-state index in [0.717, 1.165) is 10.9 Å². The van der Waals surface area contributed by atoms with Crippen molar-refractivity contribution in [1.82, 2.24) is 20.1 Å². The molecule has 0 fully saturated rings. The number of nitrogens with one attached hydrogen (secondary N) is 1. The zero-order chi connectivity index (χ0) is 17.8. The predicted octanol–water partition coefficient (Wildman–Crippen LogP) is 2.32. The van der Waals surface area contributed by atoms with Crippen LogP contribution in [0.3, 0.4) is 0 Å². The summed E-state index contributed by atoms with van der Waals surface area (Å²) in [6, 6.07) is 11.6. The van der Waals surface area contributed by atoms with Crippen LogP contribution in [0.15, 0.2) is 42.6 Å². The van der Waals surface area contributed by atoms with Crippen molar-refractivity contribution in [3.05, 3.63) is 53.9 Å². The molecular weight excluding hydrogens is 320 g/mol. The number of fused-ring (bicyclic) bond motifs is 1. The van der Waals surface area contributed by atoms with E-state index in [-0.39, 0.29) is 12.3 Å². The molecule has 3 rings (SSSR count). The summed E-state index contributed by atoms with van der Waals surface area (Å²) in [5.41, 5.74) is 1.98. The third-order valence-electron chi connectivity index (χ3n) is 3.91. The number of pyridine rings is 1. The Morgan fingerprint density at radius 2 is 2.00 bits per heavy atom. The number of para-hydroxylation sites is 1. The second-order valence-electron chi connectivity index (χ2n) is 5.67. The smallest absolute Gasteiger partial charge is 0.303 e. The molecule has 2 aromatic heterocycles. The molecule has 7 nitrogen and oxygen atoms in total. The van der Waals surface area contributed by atoms with Gasteiger partial charge in [0.1, 0.15) is 0 Å². The number of rotatable bonds is 6. The van der Waals surface area contributed by atoms with Crippen LogP contribution in [0, 0.1) is 6.92 Å². The first-order valence-electron chi connectivity index (χ1n) is 7.97. The van der Waals surface area contributed by atoms with Gasteiger partial charge in [-0.05, 0) is 31.5 Å². The minimum Gasteiger partial charge on any atom is -0.481 e. The van der Waals surface area contributed by atoms with Gasteiger partial charge in [-0.1, -0.05) is 18.2 Å². The van der Waals surface area contributed by atoms with Gasteiger partial charge >= 0.3 is 5.97 Å². The third kappa shape index (κ3) is 3.65. The van der Waals surface area contributed by atoms with Gasteiger partial charge in [0.15, 0.2) is 5.82 Å². The number of aliphatic carboxylic acids is 1. The molecule has 0 spiro atoms. The first-order valence-corrected chi connectivity index (χ1v) is 7.97. The Kier molecular flexibility index (Phi) is 4.74. The standard InChI is InChI=1S/C18H18N4O3/c1-12-14(18(25)19-10-4-7-17(23)24)11-20-22(12)16-9-8-13-5-2-3-6-15(13)21-16/h2-3,5-6,8-9,11H,4,7,10H2,1H3,(H,19,25)(H,23,24). The van der Waals surface area contributed by atoms with E-state index in [9.17, 15) is 9.59 Å². The first kappa shape index (κ1) is 16.6. The lowest BCUT2D eigenvalue weighted by Gasteiger charge is -2.07. The van der Waals surface area contributed by atoms with Crippen LogP contribution in [-0.2, 0) is 4.79 Å².